The van der Waals surface area contributed by atoms with Crippen molar-refractivity contribution in [2.45, 2.75) is 13.3 Å². The molecule has 0 spiro atoms. The lowest BCUT2D eigenvalue weighted by Gasteiger charge is -2.07. The summed E-state index contributed by atoms with van der Waals surface area (Å²) in [6.45, 7) is 1.92. The van der Waals surface area contributed by atoms with Crippen LogP contribution in [0.2, 0.25) is 0 Å². The number of hydrogen-bond donors (Lipinski definition) is 0. The van der Waals surface area contributed by atoms with Crippen LogP contribution in [-0.2, 0) is 0 Å². The minimum Gasteiger partial charge on any atom is -0.246 e. The first-order valence-electron chi connectivity index (χ1n) is 3.70. The molecule has 2 unspecified atom stereocenters. The zero-order valence-electron chi connectivity index (χ0n) is 6.10. The van der Waals surface area contributed by atoms with Gasteiger partial charge in [-0.25, -0.2) is 4.39 Å². The van der Waals surface area contributed by atoms with E-state index in [1.165, 1.54) is 6.42 Å². The van der Waals surface area contributed by atoms with Gasteiger partial charge in [0.1, 0.15) is 6.67 Å². The first-order chi connectivity index (χ1) is 4.74. The maximum absolute atomic E-state index is 12.1. The van der Waals surface area contributed by atoms with Crippen LogP contribution in [0.25, 0.3) is 0 Å². The quantitative estimate of drug-likeness (QED) is 0.522. The van der Waals surface area contributed by atoms with Crippen molar-refractivity contribution in [1.29, 1.82) is 0 Å². The van der Waals surface area contributed by atoms with Crippen molar-refractivity contribution in [2.24, 2.45) is 11.3 Å². The second-order valence-corrected chi connectivity index (χ2v) is 3.52. The molecule has 0 nitrogen and oxygen atoms in total. The Morgan fingerprint density at radius 1 is 1.80 bits per heavy atom. The molecule has 1 fully saturated rings. The summed E-state index contributed by atoms with van der Waals surface area (Å²) in [4.78, 5) is 0. The average Bonchev–Trinajstić information content (AvgIpc) is 2.59. The predicted molar refractivity (Wildman–Crippen MR) is 39.4 cm³/mol. The van der Waals surface area contributed by atoms with Gasteiger partial charge in [0.25, 0.3) is 0 Å². The highest BCUT2D eigenvalue weighted by atomic mass is 19.1. The van der Waals surface area contributed by atoms with Gasteiger partial charge in [0.05, 0.1) is 0 Å². The topological polar surface area (TPSA) is 0 Å². The molecule has 2 atom stereocenters. The van der Waals surface area contributed by atoms with E-state index in [0.29, 0.717) is 11.3 Å². The first kappa shape index (κ1) is 6.14. The molecule has 0 N–H and O–H groups in total. The molecule has 0 saturated heterocycles. The first-order valence-corrected chi connectivity index (χ1v) is 3.70. The normalized spacial score (nSPS) is 42.6. The Morgan fingerprint density at radius 2 is 2.60 bits per heavy atom. The van der Waals surface area contributed by atoms with Crippen LogP contribution in [0, 0.1) is 11.3 Å². The largest absolute Gasteiger partial charge is 0.246 e. The summed E-state index contributed by atoms with van der Waals surface area (Å²) in [6.07, 6.45) is 7.35. The number of alkyl halides is 1. The molecule has 1 saturated carbocycles. The summed E-state index contributed by atoms with van der Waals surface area (Å²) < 4.78 is 12.1. The Morgan fingerprint density at radius 3 is 3.20 bits per heavy atom. The smallest absolute Gasteiger partial charge is 0.114 e. The van der Waals surface area contributed by atoms with Gasteiger partial charge < -0.3 is 0 Å². The summed E-state index contributed by atoms with van der Waals surface area (Å²) in [5.41, 5.74) is 1.26. The Hall–Kier alpha value is -0.590. The van der Waals surface area contributed by atoms with E-state index in [9.17, 15) is 4.39 Å². The summed E-state index contributed by atoms with van der Waals surface area (Å²) in [5, 5.41) is 0. The second kappa shape index (κ2) is 1.71. The lowest BCUT2D eigenvalue weighted by molar-refractivity contribution is 0.543. The zero-order chi connectivity index (χ0) is 7.19. The molecule has 2 rings (SSSR count). The second-order valence-electron chi connectivity index (χ2n) is 3.52. The van der Waals surface area contributed by atoms with Crippen molar-refractivity contribution < 1.29 is 4.39 Å². The van der Waals surface area contributed by atoms with Gasteiger partial charge in [-0.1, -0.05) is 25.2 Å². The van der Waals surface area contributed by atoms with Crippen LogP contribution in [0.1, 0.15) is 13.3 Å². The lowest BCUT2D eigenvalue weighted by Crippen LogP contribution is -1.97. The molecule has 0 bridgehead atoms. The number of allylic oxidation sites excluding steroid dienone is 4. The molecule has 10 heavy (non-hydrogen) atoms. The van der Waals surface area contributed by atoms with Crippen LogP contribution in [-0.4, -0.2) is 6.67 Å². The van der Waals surface area contributed by atoms with Crippen molar-refractivity contribution in [1.82, 2.24) is 0 Å². The highest BCUT2D eigenvalue weighted by Gasteiger charge is 2.47. The third kappa shape index (κ3) is 0.731. The molecule has 2 aliphatic rings. The highest BCUT2D eigenvalue weighted by Crippen LogP contribution is 2.56. The molecule has 0 amide bonds. The van der Waals surface area contributed by atoms with Crippen LogP contribution >= 0.6 is 0 Å². The molecular weight excluding hydrogens is 127 g/mol. The van der Waals surface area contributed by atoms with Crippen LogP contribution in [0.15, 0.2) is 23.8 Å². The van der Waals surface area contributed by atoms with E-state index in [1.54, 1.807) is 0 Å². The molecule has 2 aliphatic carbocycles. The van der Waals surface area contributed by atoms with E-state index in [0.717, 1.165) is 5.57 Å². The molecule has 1 heteroatoms. The third-order valence-corrected chi connectivity index (χ3v) is 2.59. The fourth-order valence-corrected chi connectivity index (χ4v) is 1.56. The van der Waals surface area contributed by atoms with Gasteiger partial charge in [0.2, 0.25) is 0 Å². The Labute approximate surface area is 60.4 Å². The van der Waals surface area contributed by atoms with Crippen molar-refractivity contribution in [3.63, 3.8) is 0 Å². The predicted octanol–water partition coefficient (Wildman–Crippen LogP) is 2.48. The van der Waals surface area contributed by atoms with Gasteiger partial charge in [-0.15, -0.1) is 0 Å². The maximum atomic E-state index is 12.1. The fraction of sp³-hybridized carbons (Fsp3) is 0.556. The summed E-state index contributed by atoms with van der Waals surface area (Å²) in [5.74, 6) is 0.642. The molecule has 0 aromatic heterocycles. The average molecular weight is 138 g/mol. The maximum Gasteiger partial charge on any atom is 0.114 e. The van der Waals surface area contributed by atoms with E-state index in [4.69, 9.17) is 0 Å². The van der Waals surface area contributed by atoms with Gasteiger partial charge in [-0.3, -0.25) is 0 Å². The number of hydrogen-bond acceptors (Lipinski definition) is 0. The van der Waals surface area contributed by atoms with Crippen LogP contribution in [0.5, 0.6) is 0 Å². The SMILES string of the molecule is CC12C=CC(CF)=CC1C2. The molecule has 0 heterocycles. The summed E-state index contributed by atoms with van der Waals surface area (Å²) in [6, 6.07) is 0. The van der Waals surface area contributed by atoms with Crippen molar-refractivity contribution in [3.05, 3.63) is 23.8 Å². The minimum atomic E-state index is -0.302. The van der Waals surface area contributed by atoms with E-state index in [2.05, 4.69) is 19.1 Å². The Kier molecular flexibility index (Phi) is 1.05. The van der Waals surface area contributed by atoms with Crippen molar-refractivity contribution >= 4 is 0 Å². The molecule has 54 valence electrons. The van der Waals surface area contributed by atoms with E-state index in [1.807, 2.05) is 6.08 Å². The number of rotatable bonds is 1. The molecule has 0 aromatic rings. The van der Waals surface area contributed by atoms with Gasteiger partial charge in [-0.2, -0.15) is 0 Å². The van der Waals surface area contributed by atoms with Gasteiger partial charge in [0, 0.05) is 0 Å². The third-order valence-electron chi connectivity index (χ3n) is 2.59. The van der Waals surface area contributed by atoms with Gasteiger partial charge in [0.15, 0.2) is 0 Å². The van der Waals surface area contributed by atoms with Crippen LogP contribution in [0.4, 0.5) is 4.39 Å². The standard InChI is InChI=1S/C9H11F/c1-9-3-2-7(6-10)4-8(9)5-9/h2-4,8H,5-6H2,1H3. The summed E-state index contributed by atoms with van der Waals surface area (Å²) in [7, 11) is 0. The van der Waals surface area contributed by atoms with Crippen molar-refractivity contribution in [3.8, 4) is 0 Å². The lowest BCUT2D eigenvalue weighted by atomic mass is 9.99. The summed E-state index contributed by atoms with van der Waals surface area (Å²) >= 11 is 0. The molecule has 0 aliphatic heterocycles. The Balaban J connectivity index is 2.20. The zero-order valence-corrected chi connectivity index (χ0v) is 6.10. The minimum absolute atomic E-state index is 0.302. The van der Waals surface area contributed by atoms with Crippen LogP contribution in [0.3, 0.4) is 0 Å². The molecule has 0 radical (unpaired) electrons. The highest BCUT2D eigenvalue weighted by molar-refractivity contribution is 5.34. The van der Waals surface area contributed by atoms with Gasteiger partial charge >= 0.3 is 0 Å². The van der Waals surface area contributed by atoms with E-state index >= 15 is 0 Å². The van der Waals surface area contributed by atoms with E-state index < -0.39 is 0 Å². The van der Waals surface area contributed by atoms with Crippen LogP contribution < -0.4 is 0 Å². The molecular formula is C9H11F. The van der Waals surface area contributed by atoms with Crippen molar-refractivity contribution in [2.75, 3.05) is 6.67 Å². The molecule has 0 aromatic carbocycles. The fourth-order valence-electron chi connectivity index (χ4n) is 1.56. The van der Waals surface area contributed by atoms with Gasteiger partial charge in [-0.05, 0) is 23.3 Å². The number of halogens is 1. The number of fused-ring (bicyclic) bond motifs is 1. The monoisotopic (exact) mass is 138 g/mol. The Bertz CT molecular complexity index is 215. The van der Waals surface area contributed by atoms with E-state index in [-0.39, 0.29) is 6.67 Å².